The summed E-state index contributed by atoms with van der Waals surface area (Å²) >= 11 is 0. The van der Waals surface area contributed by atoms with Crippen LogP contribution in [0.2, 0.25) is 0 Å². The Morgan fingerprint density at radius 3 is 2.55 bits per heavy atom. The smallest absolute Gasteiger partial charge is 0.349 e. The normalized spacial score (nSPS) is 25.3. The Kier molecular flexibility index (Phi) is 5.70. The number of nitriles is 1. The van der Waals surface area contributed by atoms with E-state index in [0.717, 1.165) is 19.3 Å². The van der Waals surface area contributed by atoms with Gasteiger partial charge < -0.3 is 14.4 Å². The molecule has 1 aromatic rings. The fourth-order valence-electron chi connectivity index (χ4n) is 5.04. The molecule has 1 aliphatic heterocycles. The monoisotopic (exact) mass is 396 g/mol. The van der Waals surface area contributed by atoms with E-state index < -0.39 is 5.97 Å². The first-order valence-corrected chi connectivity index (χ1v) is 9.87. The van der Waals surface area contributed by atoms with Crippen LogP contribution in [0.15, 0.2) is 29.8 Å². The lowest BCUT2D eigenvalue weighted by molar-refractivity contribution is -0.149. The Bertz CT molecular complexity index is 866. The summed E-state index contributed by atoms with van der Waals surface area (Å²) < 4.78 is 10.3. The maximum Gasteiger partial charge on any atom is 0.349 e. The molecule has 1 aliphatic carbocycles. The van der Waals surface area contributed by atoms with Gasteiger partial charge in [-0.2, -0.15) is 5.26 Å². The molecule has 2 atom stereocenters. The molecule has 1 saturated heterocycles. The molecular formula is C23H28N2O4. The van der Waals surface area contributed by atoms with Crippen LogP contribution < -0.4 is 4.74 Å². The topological polar surface area (TPSA) is 79.6 Å². The SMILES string of the molecule is COc1ccc(/C=C(\C#N)C(=O)OCC(=O)N2C[C@@]3(C)C[C@H]2CC(C)(C)C3)cc1. The van der Waals surface area contributed by atoms with Crippen LogP contribution in [0.1, 0.15) is 45.6 Å². The highest BCUT2D eigenvalue weighted by atomic mass is 16.5. The number of hydrogen-bond donors (Lipinski definition) is 0. The lowest BCUT2D eigenvalue weighted by Gasteiger charge is -2.39. The molecule has 0 N–H and O–H groups in total. The van der Waals surface area contributed by atoms with E-state index in [1.54, 1.807) is 31.4 Å². The van der Waals surface area contributed by atoms with Crippen LogP contribution in [0.25, 0.3) is 6.08 Å². The van der Waals surface area contributed by atoms with Gasteiger partial charge in [0, 0.05) is 12.6 Å². The van der Waals surface area contributed by atoms with E-state index in [2.05, 4.69) is 20.8 Å². The standard InChI is InChI=1S/C23H28N2O4/c1-22(2)10-18-11-23(3,14-22)15-25(18)20(26)13-29-21(27)17(12-24)9-16-5-7-19(28-4)8-6-16/h5-9,18H,10-11,13-15H2,1-4H3/b17-9+/t18-,23+/m1/s1. The summed E-state index contributed by atoms with van der Waals surface area (Å²) in [5.74, 6) is -0.293. The van der Waals surface area contributed by atoms with E-state index in [-0.39, 0.29) is 35.0 Å². The van der Waals surface area contributed by atoms with Crippen molar-refractivity contribution in [3.63, 3.8) is 0 Å². The molecule has 6 nitrogen and oxygen atoms in total. The van der Waals surface area contributed by atoms with Crippen LogP contribution in [-0.2, 0) is 14.3 Å². The van der Waals surface area contributed by atoms with E-state index in [1.165, 1.54) is 6.08 Å². The van der Waals surface area contributed by atoms with Gasteiger partial charge in [-0.05, 0) is 53.9 Å². The lowest BCUT2D eigenvalue weighted by atomic mass is 9.65. The first kappa shape index (κ1) is 20.9. The number of carbonyl (C=O) groups is 2. The van der Waals surface area contributed by atoms with Crippen molar-refractivity contribution in [3.05, 3.63) is 35.4 Å². The van der Waals surface area contributed by atoms with Crippen molar-refractivity contribution in [1.82, 2.24) is 4.90 Å². The summed E-state index contributed by atoms with van der Waals surface area (Å²) in [6, 6.07) is 9.00. The second kappa shape index (κ2) is 7.90. The number of hydrogen-bond acceptors (Lipinski definition) is 5. The quantitative estimate of drug-likeness (QED) is 0.432. The predicted octanol–water partition coefficient (Wildman–Crippen LogP) is 3.57. The van der Waals surface area contributed by atoms with Gasteiger partial charge in [0.05, 0.1) is 7.11 Å². The number of likely N-dealkylation sites (tertiary alicyclic amines) is 1. The van der Waals surface area contributed by atoms with E-state index in [4.69, 9.17) is 9.47 Å². The molecule has 0 radical (unpaired) electrons. The number of rotatable bonds is 5. The van der Waals surface area contributed by atoms with Crippen molar-refractivity contribution >= 4 is 18.0 Å². The Labute approximate surface area is 172 Å². The minimum Gasteiger partial charge on any atom is -0.497 e. The van der Waals surface area contributed by atoms with Gasteiger partial charge in [0.1, 0.15) is 17.4 Å². The molecule has 2 bridgehead atoms. The number of esters is 1. The summed E-state index contributed by atoms with van der Waals surface area (Å²) in [6.45, 7) is 7.08. The van der Waals surface area contributed by atoms with Crippen molar-refractivity contribution in [2.75, 3.05) is 20.3 Å². The first-order valence-electron chi connectivity index (χ1n) is 9.87. The number of amides is 1. The van der Waals surface area contributed by atoms with Gasteiger partial charge in [-0.15, -0.1) is 0 Å². The minimum absolute atomic E-state index is 0.123. The molecule has 29 heavy (non-hydrogen) atoms. The fraction of sp³-hybridized carbons (Fsp3) is 0.522. The Balaban J connectivity index is 1.61. The molecule has 2 fully saturated rings. The molecule has 0 aromatic heterocycles. The van der Waals surface area contributed by atoms with Crippen LogP contribution in [0.4, 0.5) is 0 Å². The molecule has 0 spiro atoms. The van der Waals surface area contributed by atoms with Gasteiger partial charge in [0.15, 0.2) is 6.61 Å². The van der Waals surface area contributed by atoms with Crippen molar-refractivity contribution in [3.8, 4) is 11.8 Å². The van der Waals surface area contributed by atoms with E-state index >= 15 is 0 Å². The van der Waals surface area contributed by atoms with E-state index in [0.29, 0.717) is 17.9 Å². The summed E-state index contributed by atoms with van der Waals surface area (Å²) in [4.78, 5) is 26.9. The Hall–Kier alpha value is -2.81. The van der Waals surface area contributed by atoms with Gasteiger partial charge in [-0.3, -0.25) is 4.79 Å². The predicted molar refractivity (Wildman–Crippen MR) is 109 cm³/mol. The molecule has 1 saturated carbocycles. The fourth-order valence-corrected chi connectivity index (χ4v) is 5.04. The molecule has 154 valence electrons. The zero-order chi connectivity index (χ0) is 21.2. The van der Waals surface area contributed by atoms with Crippen LogP contribution >= 0.6 is 0 Å². The van der Waals surface area contributed by atoms with Gasteiger partial charge in [-0.1, -0.05) is 32.9 Å². The Morgan fingerprint density at radius 2 is 1.93 bits per heavy atom. The zero-order valence-corrected chi connectivity index (χ0v) is 17.5. The number of carbonyl (C=O) groups excluding carboxylic acids is 2. The highest BCUT2D eigenvalue weighted by Gasteiger charge is 2.50. The number of methoxy groups -OCH3 is 1. The summed E-state index contributed by atoms with van der Waals surface area (Å²) in [7, 11) is 1.56. The van der Waals surface area contributed by atoms with Crippen LogP contribution in [0.5, 0.6) is 5.75 Å². The molecule has 0 unspecified atom stereocenters. The number of ether oxygens (including phenoxy) is 2. The average Bonchev–Trinajstić information content (AvgIpc) is 2.93. The van der Waals surface area contributed by atoms with E-state index in [9.17, 15) is 14.9 Å². The zero-order valence-electron chi connectivity index (χ0n) is 17.5. The first-order chi connectivity index (χ1) is 13.6. The molecule has 1 heterocycles. The van der Waals surface area contributed by atoms with E-state index in [1.807, 2.05) is 11.0 Å². The second-order valence-electron chi connectivity index (χ2n) is 9.25. The van der Waals surface area contributed by atoms with Crippen LogP contribution in [0, 0.1) is 22.2 Å². The van der Waals surface area contributed by atoms with Gasteiger partial charge in [0.2, 0.25) is 0 Å². The number of benzene rings is 1. The Morgan fingerprint density at radius 1 is 1.24 bits per heavy atom. The third-order valence-electron chi connectivity index (χ3n) is 5.83. The maximum atomic E-state index is 12.7. The lowest BCUT2D eigenvalue weighted by Crippen LogP contribution is -2.39. The number of fused-ring (bicyclic) bond motifs is 2. The van der Waals surface area contributed by atoms with Gasteiger partial charge in [-0.25, -0.2) is 4.79 Å². The molecule has 1 aromatic carbocycles. The minimum atomic E-state index is -0.787. The number of nitrogens with zero attached hydrogens (tertiary/aromatic N) is 2. The maximum absolute atomic E-state index is 12.7. The van der Waals surface area contributed by atoms with Crippen molar-refractivity contribution in [2.45, 2.75) is 46.1 Å². The average molecular weight is 396 g/mol. The molecule has 3 rings (SSSR count). The summed E-state index contributed by atoms with van der Waals surface area (Å²) in [5, 5.41) is 9.31. The van der Waals surface area contributed by atoms with Crippen LogP contribution in [0.3, 0.4) is 0 Å². The van der Waals surface area contributed by atoms with Crippen molar-refractivity contribution < 1.29 is 19.1 Å². The third-order valence-corrected chi connectivity index (χ3v) is 5.83. The molecular weight excluding hydrogens is 368 g/mol. The highest BCUT2D eigenvalue weighted by Crippen LogP contribution is 2.52. The summed E-state index contributed by atoms with van der Waals surface area (Å²) in [6.07, 6.45) is 4.49. The van der Waals surface area contributed by atoms with Gasteiger partial charge >= 0.3 is 5.97 Å². The molecule has 2 aliphatic rings. The summed E-state index contributed by atoms with van der Waals surface area (Å²) in [5.41, 5.74) is 0.863. The van der Waals surface area contributed by atoms with Crippen molar-refractivity contribution in [2.24, 2.45) is 10.8 Å². The second-order valence-corrected chi connectivity index (χ2v) is 9.25. The van der Waals surface area contributed by atoms with Crippen molar-refractivity contribution in [1.29, 1.82) is 5.26 Å². The highest BCUT2D eigenvalue weighted by molar-refractivity contribution is 5.98. The molecule has 1 amide bonds. The molecule has 6 heteroatoms. The third kappa shape index (κ3) is 4.79. The van der Waals surface area contributed by atoms with Crippen LogP contribution in [-0.4, -0.2) is 43.1 Å². The van der Waals surface area contributed by atoms with Gasteiger partial charge in [0.25, 0.3) is 5.91 Å². The largest absolute Gasteiger partial charge is 0.497 e.